The van der Waals surface area contributed by atoms with Gasteiger partial charge < -0.3 is 9.64 Å². The van der Waals surface area contributed by atoms with Crippen molar-refractivity contribution in [3.63, 3.8) is 0 Å². The summed E-state index contributed by atoms with van der Waals surface area (Å²) in [6, 6.07) is 22.2. The smallest absolute Gasteiger partial charge is 0.227 e. The highest BCUT2D eigenvalue weighted by Crippen LogP contribution is 2.22. The molecule has 0 radical (unpaired) electrons. The molecule has 29 heavy (non-hydrogen) atoms. The molecule has 0 unspecified atom stereocenters. The predicted molar refractivity (Wildman–Crippen MR) is 117 cm³/mol. The number of thiophene rings is 1. The van der Waals surface area contributed by atoms with Gasteiger partial charge >= 0.3 is 0 Å². The summed E-state index contributed by atoms with van der Waals surface area (Å²) in [6.07, 6.45) is 1.53. The molecule has 0 aliphatic carbocycles. The third-order valence-electron chi connectivity index (χ3n) is 5.13. The molecule has 1 aromatic heterocycles. The predicted octanol–water partition coefficient (Wildman–Crippen LogP) is 4.82. The van der Waals surface area contributed by atoms with Crippen LogP contribution in [0, 0.1) is 0 Å². The Bertz CT molecular complexity index is 912. The first-order valence-corrected chi connectivity index (χ1v) is 11.0. The van der Waals surface area contributed by atoms with Crippen molar-refractivity contribution in [2.45, 2.75) is 19.4 Å². The Kier molecular flexibility index (Phi) is 6.60. The van der Waals surface area contributed by atoms with Gasteiger partial charge in [-0.2, -0.15) is 0 Å². The van der Waals surface area contributed by atoms with Crippen LogP contribution >= 0.6 is 11.3 Å². The summed E-state index contributed by atoms with van der Waals surface area (Å²) in [6.45, 7) is 4.42. The molecule has 0 spiro atoms. The second kappa shape index (κ2) is 9.72. The number of hydrogen-bond acceptors (Lipinski definition) is 4. The second-order valence-corrected chi connectivity index (χ2v) is 8.36. The molecule has 1 saturated heterocycles. The fourth-order valence-electron chi connectivity index (χ4n) is 3.64. The van der Waals surface area contributed by atoms with Crippen molar-refractivity contribution in [2.75, 3.05) is 26.2 Å². The van der Waals surface area contributed by atoms with Crippen LogP contribution in [0.3, 0.4) is 0 Å². The van der Waals surface area contributed by atoms with E-state index >= 15 is 0 Å². The van der Waals surface area contributed by atoms with E-state index in [2.05, 4.69) is 17.0 Å². The van der Waals surface area contributed by atoms with E-state index < -0.39 is 0 Å². The molecule has 2 aromatic carbocycles. The summed E-state index contributed by atoms with van der Waals surface area (Å²) in [5, 5.41) is 2.03. The summed E-state index contributed by atoms with van der Waals surface area (Å²) in [4.78, 5) is 18.2. The van der Waals surface area contributed by atoms with E-state index in [1.54, 1.807) is 11.3 Å². The van der Waals surface area contributed by atoms with Crippen molar-refractivity contribution in [1.29, 1.82) is 0 Å². The molecule has 4 rings (SSSR count). The van der Waals surface area contributed by atoms with Gasteiger partial charge in [-0.3, -0.25) is 9.69 Å². The van der Waals surface area contributed by atoms with Crippen LogP contribution in [0.2, 0.25) is 0 Å². The zero-order valence-electron chi connectivity index (χ0n) is 16.5. The third-order valence-corrected chi connectivity index (χ3v) is 6.01. The van der Waals surface area contributed by atoms with E-state index in [0.717, 1.165) is 55.5 Å². The summed E-state index contributed by atoms with van der Waals surface area (Å²) in [7, 11) is 0. The molecule has 1 fully saturated rings. The number of ether oxygens (including phenoxy) is 1. The molecule has 0 saturated carbocycles. The van der Waals surface area contributed by atoms with E-state index in [1.807, 2.05) is 64.9 Å². The normalized spacial score (nSPS) is 15.1. The molecule has 1 aliphatic rings. The van der Waals surface area contributed by atoms with Gasteiger partial charge in [0.05, 0.1) is 6.42 Å². The maximum absolute atomic E-state index is 12.6. The summed E-state index contributed by atoms with van der Waals surface area (Å²) in [5.74, 6) is 1.95. The Morgan fingerprint density at radius 1 is 0.897 bits per heavy atom. The fourth-order valence-corrected chi connectivity index (χ4v) is 4.34. The van der Waals surface area contributed by atoms with Gasteiger partial charge in [0.2, 0.25) is 5.91 Å². The topological polar surface area (TPSA) is 32.8 Å². The lowest BCUT2D eigenvalue weighted by atomic mass is 10.2. The molecule has 2 heterocycles. The first-order chi connectivity index (χ1) is 14.3. The van der Waals surface area contributed by atoms with Crippen molar-refractivity contribution in [2.24, 2.45) is 0 Å². The van der Waals surface area contributed by atoms with Crippen LogP contribution in [0.1, 0.15) is 16.9 Å². The molecule has 1 aliphatic heterocycles. The molecular formula is C24H26N2O2S. The maximum atomic E-state index is 12.6. The number of carbonyl (C=O) groups excluding carboxylic acids is 1. The monoisotopic (exact) mass is 406 g/mol. The lowest BCUT2D eigenvalue weighted by Gasteiger charge is -2.22. The van der Waals surface area contributed by atoms with Gasteiger partial charge in [0, 0.05) is 37.6 Å². The molecule has 3 aromatic rings. The number of nitrogens with zero attached hydrogens (tertiary/aromatic N) is 2. The number of amides is 1. The van der Waals surface area contributed by atoms with Gasteiger partial charge in [-0.25, -0.2) is 0 Å². The zero-order valence-corrected chi connectivity index (χ0v) is 17.3. The second-order valence-electron chi connectivity index (χ2n) is 7.33. The summed E-state index contributed by atoms with van der Waals surface area (Å²) in [5.41, 5.74) is 1.23. The molecule has 0 N–H and O–H groups in total. The van der Waals surface area contributed by atoms with Crippen LogP contribution in [0.5, 0.6) is 11.5 Å². The Balaban J connectivity index is 1.32. The Hall–Kier alpha value is -2.63. The van der Waals surface area contributed by atoms with Crippen molar-refractivity contribution in [3.8, 4) is 11.5 Å². The number of hydrogen-bond donors (Lipinski definition) is 0. The molecule has 4 nitrogen and oxygen atoms in total. The quantitative estimate of drug-likeness (QED) is 0.588. The van der Waals surface area contributed by atoms with Crippen molar-refractivity contribution < 1.29 is 9.53 Å². The van der Waals surface area contributed by atoms with E-state index in [-0.39, 0.29) is 5.91 Å². The van der Waals surface area contributed by atoms with E-state index in [9.17, 15) is 4.79 Å². The number of rotatable bonds is 6. The molecule has 150 valence electrons. The minimum absolute atomic E-state index is 0.243. The lowest BCUT2D eigenvalue weighted by molar-refractivity contribution is -0.130. The van der Waals surface area contributed by atoms with Crippen molar-refractivity contribution >= 4 is 17.2 Å². The average Bonchev–Trinajstić information content (AvgIpc) is 3.13. The van der Waals surface area contributed by atoms with E-state index in [0.29, 0.717) is 6.42 Å². The van der Waals surface area contributed by atoms with Gasteiger partial charge in [0.1, 0.15) is 11.5 Å². The standard InChI is InChI=1S/C24H26N2O2S/c27-24(18-23-11-5-16-29-23)26-13-6-12-25(14-15-26)19-20-7-4-10-22(17-20)28-21-8-2-1-3-9-21/h1-5,7-11,16-17H,6,12-15,18-19H2. The van der Waals surface area contributed by atoms with Crippen molar-refractivity contribution in [3.05, 3.63) is 82.6 Å². The van der Waals surface area contributed by atoms with Gasteiger partial charge in [-0.05, 0) is 47.7 Å². The Labute approximate surface area is 176 Å². The first-order valence-electron chi connectivity index (χ1n) is 10.1. The van der Waals surface area contributed by atoms with Crippen LogP contribution in [0.4, 0.5) is 0 Å². The highest BCUT2D eigenvalue weighted by molar-refractivity contribution is 7.10. The first kappa shape index (κ1) is 19.7. The fraction of sp³-hybridized carbons (Fsp3) is 0.292. The minimum Gasteiger partial charge on any atom is -0.457 e. The Morgan fingerprint density at radius 2 is 1.76 bits per heavy atom. The number of benzene rings is 2. The average molecular weight is 407 g/mol. The van der Waals surface area contributed by atoms with Crippen LogP contribution in [0.15, 0.2) is 72.1 Å². The van der Waals surface area contributed by atoms with Crippen molar-refractivity contribution in [1.82, 2.24) is 9.80 Å². The van der Waals surface area contributed by atoms with Crippen LogP contribution < -0.4 is 4.74 Å². The minimum atomic E-state index is 0.243. The molecule has 0 atom stereocenters. The van der Waals surface area contributed by atoms with Gasteiger partial charge in [-0.15, -0.1) is 11.3 Å². The molecule has 0 bridgehead atoms. The lowest BCUT2D eigenvalue weighted by Crippen LogP contribution is -2.35. The van der Waals surface area contributed by atoms with Crippen LogP contribution in [-0.2, 0) is 17.8 Å². The largest absolute Gasteiger partial charge is 0.457 e. The van der Waals surface area contributed by atoms with Crippen LogP contribution in [-0.4, -0.2) is 41.9 Å². The highest BCUT2D eigenvalue weighted by atomic mass is 32.1. The highest BCUT2D eigenvalue weighted by Gasteiger charge is 2.19. The van der Waals surface area contributed by atoms with E-state index in [1.165, 1.54) is 5.56 Å². The van der Waals surface area contributed by atoms with Gasteiger partial charge in [0.25, 0.3) is 0 Å². The van der Waals surface area contributed by atoms with Gasteiger partial charge in [0.15, 0.2) is 0 Å². The third kappa shape index (κ3) is 5.68. The number of para-hydroxylation sites is 1. The SMILES string of the molecule is O=C(Cc1cccs1)N1CCCN(Cc2cccc(Oc3ccccc3)c2)CC1. The molecule has 5 heteroatoms. The van der Waals surface area contributed by atoms with Gasteiger partial charge in [-0.1, -0.05) is 36.4 Å². The maximum Gasteiger partial charge on any atom is 0.227 e. The van der Waals surface area contributed by atoms with Crippen LogP contribution in [0.25, 0.3) is 0 Å². The Morgan fingerprint density at radius 3 is 2.59 bits per heavy atom. The molecule has 1 amide bonds. The molecular weight excluding hydrogens is 380 g/mol. The number of carbonyl (C=O) groups is 1. The summed E-state index contributed by atoms with van der Waals surface area (Å²) < 4.78 is 5.96. The van der Waals surface area contributed by atoms with E-state index in [4.69, 9.17) is 4.74 Å². The summed E-state index contributed by atoms with van der Waals surface area (Å²) >= 11 is 1.65. The zero-order chi connectivity index (χ0) is 19.9.